The van der Waals surface area contributed by atoms with Crippen LogP contribution in [0.4, 0.5) is 0 Å². The molecule has 2 aliphatic rings. The lowest BCUT2D eigenvalue weighted by atomic mass is 9.83. The maximum atomic E-state index is 9.49. The Hall–Kier alpha value is -0.560. The summed E-state index contributed by atoms with van der Waals surface area (Å²) in [6, 6.07) is 0. The van der Waals surface area contributed by atoms with E-state index in [1.54, 1.807) is 5.57 Å². The first-order valence-corrected chi connectivity index (χ1v) is 6.60. The summed E-state index contributed by atoms with van der Waals surface area (Å²) in [6.45, 7) is 8.94. The molecule has 0 aromatic heterocycles. The van der Waals surface area contributed by atoms with Gasteiger partial charge in [-0.15, -0.1) is 0 Å². The first-order chi connectivity index (χ1) is 7.63. The van der Waals surface area contributed by atoms with Crippen molar-refractivity contribution in [3.05, 3.63) is 23.3 Å². The molecule has 1 fully saturated rings. The SMILES string of the molecule is C=C(C)C1CCC(CO)=C2CCC(C)C2C1. The van der Waals surface area contributed by atoms with Crippen LogP contribution in [0.3, 0.4) is 0 Å². The van der Waals surface area contributed by atoms with E-state index in [0.29, 0.717) is 5.92 Å². The second kappa shape index (κ2) is 4.75. The van der Waals surface area contributed by atoms with Crippen molar-refractivity contribution < 1.29 is 5.11 Å². The number of allylic oxidation sites excluding steroid dienone is 2. The molecular weight excluding hydrogens is 196 g/mol. The third-order valence-corrected chi connectivity index (χ3v) is 4.68. The molecule has 3 unspecified atom stereocenters. The van der Waals surface area contributed by atoms with E-state index < -0.39 is 0 Å². The highest BCUT2D eigenvalue weighted by atomic mass is 16.3. The second-order valence-corrected chi connectivity index (χ2v) is 5.73. The van der Waals surface area contributed by atoms with Crippen LogP contribution < -0.4 is 0 Å². The molecule has 0 aromatic rings. The average molecular weight is 220 g/mol. The monoisotopic (exact) mass is 220 g/mol. The first kappa shape index (κ1) is 11.9. The van der Waals surface area contributed by atoms with Crippen molar-refractivity contribution in [2.24, 2.45) is 17.8 Å². The van der Waals surface area contributed by atoms with E-state index in [4.69, 9.17) is 0 Å². The zero-order valence-corrected chi connectivity index (χ0v) is 10.6. The largest absolute Gasteiger partial charge is 0.392 e. The highest BCUT2D eigenvalue weighted by Crippen LogP contribution is 2.46. The lowest BCUT2D eigenvalue weighted by molar-refractivity contribution is 0.323. The molecule has 2 aliphatic carbocycles. The van der Waals surface area contributed by atoms with Gasteiger partial charge in [-0.25, -0.2) is 0 Å². The third kappa shape index (κ3) is 2.10. The van der Waals surface area contributed by atoms with Gasteiger partial charge in [0.25, 0.3) is 0 Å². The Morgan fingerprint density at radius 2 is 2.12 bits per heavy atom. The summed E-state index contributed by atoms with van der Waals surface area (Å²) >= 11 is 0. The van der Waals surface area contributed by atoms with Gasteiger partial charge in [-0.3, -0.25) is 0 Å². The summed E-state index contributed by atoms with van der Waals surface area (Å²) in [6.07, 6.45) is 6.09. The summed E-state index contributed by atoms with van der Waals surface area (Å²) in [5.74, 6) is 2.20. The van der Waals surface area contributed by atoms with Gasteiger partial charge in [0, 0.05) is 0 Å². The fourth-order valence-electron chi connectivity index (χ4n) is 3.49. The minimum atomic E-state index is 0.279. The molecule has 1 heteroatoms. The smallest absolute Gasteiger partial charge is 0.0644 e. The predicted octanol–water partition coefficient (Wildman–Crippen LogP) is 3.70. The maximum absolute atomic E-state index is 9.49. The number of aliphatic hydroxyl groups is 1. The van der Waals surface area contributed by atoms with Crippen molar-refractivity contribution >= 4 is 0 Å². The van der Waals surface area contributed by atoms with Crippen LogP contribution in [0.5, 0.6) is 0 Å². The zero-order valence-electron chi connectivity index (χ0n) is 10.6. The van der Waals surface area contributed by atoms with Crippen molar-refractivity contribution in [2.75, 3.05) is 6.61 Å². The van der Waals surface area contributed by atoms with Gasteiger partial charge in [0.1, 0.15) is 0 Å². The van der Waals surface area contributed by atoms with Crippen molar-refractivity contribution in [3.8, 4) is 0 Å². The van der Waals surface area contributed by atoms with Crippen LogP contribution in [-0.2, 0) is 0 Å². The molecule has 1 N–H and O–H groups in total. The standard InChI is InChI=1S/C15H24O/c1-10(2)12-5-6-13(9-16)14-7-4-11(3)15(14)8-12/h11-12,15-16H,1,4-9H2,2-3H3. The summed E-state index contributed by atoms with van der Waals surface area (Å²) in [7, 11) is 0. The molecular formula is C15H24O. The van der Waals surface area contributed by atoms with E-state index in [1.165, 1.54) is 36.8 Å². The minimum Gasteiger partial charge on any atom is -0.392 e. The van der Waals surface area contributed by atoms with Crippen LogP contribution in [0.25, 0.3) is 0 Å². The van der Waals surface area contributed by atoms with Crippen LogP contribution in [0.1, 0.15) is 46.0 Å². The predicted molar refractivity (Wildman–Crippen MR) is 68.2 cm³/mol. The summed E-state index contributed by atoms with van der Waals surface area (Å²) < 4.78 is 0. The molecule has 0 spiro atoms. The maximum Gasteiger partial charge on any atom is 0.0644 e. The third-order valence-electron chi connectivity index (χ3n) is 4.68. The molecule has 1 saturated carbocycles. The Balaban J connectivity index is 2.24. The van der Waals surface area contributed by atoms with Gasteiger partial charge >= 0.3 is 0 Å². The molecule has 0 heterocycles. The molecule has 0 aromatic carbocycles. The molecule has 0 amide bonds. The number of rotatable bonds is 2. The molecule has 2 rings (SSSR count). The van der Waals surface area contributed by atoms with Gasteiger partial charge in [0.05, 0.1) is 6.61 Å². The summed E-state index contributed by atoms with van der Waals surface area (Å²) in [5.41, 5.74) is 4.27. The quantitative estimate of drug-likeness (QED) is 0.704. The lowest BCUT2D eigenvalue weighted by Gasteiger charge is -2.22. The van der Waals surface area contributed by atoms with Gasteiger partial charge < -0.3 is 5.11 Å². The Morgan fingerprint density at radius 1 is 1.38 bits per heavy atom. The van der Waals surface area contributed by atoms with Crippen molar-refractivity contribution in [1.29, 1.82) is 0 Å². The van der Waals surface area contributed by atoms with Gasteiger partial charge in [-0.1, -0.05) is 24.6 Å². The van der Waals surface area contributed by atoms with Crippen molar-refractivity contribution in [3.63, 3.8) is 0 Å². The number of hydrogen-bond donors (Lipinski definition) is 1. The zero-order chi connectivity index (χ0) is 11.7. The molecule has 3 atom stereocenters. The Bertz CT molecular complexity index is 313. The highest BCUT2D eigenvalue weighted by Gasteiger charge is 2.34. The van der Waals surface area contributed by atoms with E-state index in [2.05, 4.69) is 20.4 Å². The number of fused-ring (bicyclic) bond motifs is 1. The van der Waals surface area contributed by atoms with Crippen LogP contribution in [0, 0.1) is 17.8 Å². The van der Waals surface area contributed by atoms with Crippen LogP contribution in [0.15, 0.2) is 23.3 Å². The second-order valence-electron chi connectivity index (χ2n) is 5.73. The Kier molecular flexibility index (Phi) is 3.53. The van der Waals surface area contributed by atoms with Crippen molar-refractivity contribution in [1.82, 2.24) is 0 Å². The summed E-state index contributed by atoms with van der Waals surface area (Å²) in [5, 5.41) is 9.49. The number of aliphatic hydroxyl groups excluding tert-OH is 1. The molecule has 0 radical (unpaired) electrons. The van der Waals surface area contributed by atoms with Crippen LogP contribution in [-0.4, -0.2) is 11.7 Å². The Morgan fingerprint density at radius 3 is 2.75 bits per heavy atom. The topological polar surface area (TPSA) is 20.2 Å². The molecule has 0 bridgehead atoms. The first-order valence-electron chi connectivity index (χ1n) is 6.60. The van der Waals surface area contributed by atoms with E-state index in [-0.39, 0.29) is 6.61 Å². The lowest BCUT2D eigenvalue weighted by Crippen LogP contribution is -2.11. The van der Waals surface area contributed by atoms with Crippen LogP contribution >= 0.6 is 0 Å². The summed E-state index contributed by atoms with van der Waals surface area (Å²) in [4.78, 5) is 0. The van der Waals surface area contributed by atoms with Crippen LogP contribution in [0.2, 0.25) is 0 Å². The normalized spacial score (nSPS) is 34.8. The van der Waals surface area contributed by atoms with E-state index >= 15 is 0 Å². The molecule has 0 aliphatic heterocycles. The fraction of sp³-hybridized carbons (Fsp3) is 0.733. The van der Waals surface area contributed by atoms with Gasteiger partial charge in [-0.05, 0) is 62.4 Å². The average Bonchev–Trinajstić information content (AvgIpc) is 2.51. The van der Waals surface area contributed by atoms with Crippen molar-refractivity contribution in [2.45, 2.75) is 46.0 Å². The van der Waals surface area contributed by atoms with E-state index in [0.717, 1.165) is 18.3 Å². The van der Waals surface area contributed by atoms with E-state index in [9.17, 15) is 5.11 Å². The fourth-order valence-corrected chi connectivity index (χ4v) is 3.49. The minimum absolute atomic E-state index is 0.279. The van der Waals surface area contributed by atoms with Gasteiger partial charge in [0.15, 0.2) is 0 Å². The molecule has 1 nitrogen and oxygen atoms in total. The van der Waals surface area contributed by atoms with Gasteiger partial charge in [-0.2, -0.15) is 0 Å². The highest BCUT2D eigenvalue weighted by molar-refractivity contribution is 5.25. The Labute approximate surface area is 99.3 Å². The van der Waals surface area contributed by atoms with E-state index in [1.807, 2.05) is 0 Å². The molecule has 90 valence electrons. The van der Waals surface area contributed by atoms with Gasteiger partial charge in [0.2, 0.25) is 0 Å². The molecule has 0 saturated heterocycles. The molecule has 16 heavy (non-hydrogen) atoms. The number of hydrogen-bond acceptors (Lipinski definition) is 1.